The summed E-state index contributed by atoms with van der Waals surface area (Å²) in [7, 11) is 0. The highest BCUT2D eigenvalue weighted by Crippen LogP contribution is 2.54. The Morgan fingerprint density at radius 3 is 2.47 bits per heavy atom. The molecule has 0 radical (unpaired) electrons. The number of halogens is 1. The lowest BCUT2D eigenvalue weighted by atomic mass is 9.70. The van der Waals surface area contributed by atoms with Crippen molar-refractivity contribution in [3.63, 3.8) is 0 Å². The van der Waals surface area contributed by atoms with Crippen LogP contribution in [0, 0.1) is 23.7 Å². The molecular formula is C12H22ClNO. The molecule has 0 aromatic carbocycles. The van der Waals surface area contributed by atoms with Gasteiger partial charge in [0.2, 0.25) is 0 Å². The van der Waals surface area contributed by atoms with Gasteiger partial charge in [-0.15, -0.1) is 12.4 Å². The maximum atomic E-state index is 8.85. The lowest BCUT2D eigenvalue weighted by molar-refractivity contribution is 0.133. The van der Waals surface area contributed by atoms with Crippen LogP contribution in [0.5, 0.6) is 0 Å². The molecule has 5 unspecified atom stereocenters. The summed E-state index contributed by atoms with van der Waals surface area (Å²) in [5.74, 6) is 4.05. The van der Waals surface area contributed by atoms with Gasteiger partial charge in [0, 0.05) is 12.6 Å². The molecule has 3 aliphatic carbocycles. The van der Waals surface area contributed by atoms with E-state index in [2.05, 4.69) is 5.32 Å². The Labute approximate surface area is 98.2 Å². The molecule has 88 valence electrons. The number of aliphatic hydroxyl groups excluding tert-OH is 1. The number of hydrogen-bond acceptors (Lipinski definition) is 2. The van der Waals surface area contributed by atoms with E-state index in [0.29, 0.717) is 6.61 Å². The Hall–Kier alpha value is 0.210. The molecule has 0 spiro atoms. The first-order valence-electron chi connectivity index (χ1n) is 6.21. The molecular weight excluding hydrogens is 210 g/mol. The van der Waals surface area contributed by atoms with Gasteiger partial charge in [0.15, 0.2) is 0 Å². The van der Waals surface area contributed by atoms with Gasteiger partial charge in [-0.1, -0.05) is 0 Å². The van der Waals surface area contributed by atoms with Gasteiger partial charge < -0.3 is 10.4 Å². The van der Waals surface area contributed by atoms with Gasteiger partial charge in [-0.25, -0.2) is 0 Å². The lowest BCUT2D eigenvalue weighted by Gasteiger charge is -2.39. The molecule has 15 heavy (non-hydrogen) atoms. The standard InChI is InChI=1S/C12H21NO.ClH/c14-2-1-13-12-7-9-3-8-4-10(5-9)11(12)6-8;/h8-14H,1-7H2;1H. The third-order valence-electron chi connectivity index (χ3n) is 4.77. The van der Waals surface area contributed by atoms with Crippen LogP contribution < -0.4 is 5.32 Å². The Bertz CT molecular complexity index is 222. The van der Waals surface area contributed by atoms with Crippen molar-refractivity contribution >= 4 is 12.4 Å². The van der Waals surface area contributed by atoms with E-state index >= 15 is 0 Å². The predicted molar refractivity (Wildman–Crippen MR) is 63.2 cm³/mol. The average Bonchev–Trinajstić information content (AvgIpc) is 2.40. The molecule has 3 fully saturated rings. The molecule has 0 heterocycles. The Kier molecular flexibility index (Phi) is 3.59. The predicted octanol–water partition coefficient (Wildman–Crippen LogP) is 1.81. The van der Waals surface area contributed by atoms with Gasteiger partial charge in [-0.05, 0) is 55.8 Å². The second-order valence-corrected chi connectivity index (χ2v) is 5.62. The van der Waals surface area contributed by atoms with Crippen molar-refractivity contribution in [3.05, 3.63) is 0 Å². The van der Waals surface area contributed by atoms with Crippen LogP contribution >= 0.6 is 12.4 Å². The Morgan fingerprint density at radius 1 is 1.00 bits per heavy atom. The molecule has 0 saturated heterocycles. The quantitative estimate of drug-likeness (QED) is 0.777. The highest BCUT2D eigenvalue weighted by atomic mass is 35.5. The molecule has 3 heteroatoms. The fourth-order valence-corrected chi connectivity index (χ4v) is 4.44. The summed E-state index contributed by atoms with van der Waals surface area (Å²) in [6.07, 6.45) is 7.39. The summed E-state index contributed by atoms with van der Waals surface area (Å²) in [5.41, 5.74) is 0. The van der Waals surface area contributed by atoms with E-state index in [4.69, 9.17) is 5.11 Å². The highest BCUT2D eigenvalue weighted by Gasteiger charge is 2.48. The summed E-state index contributed by atoms with van der Waals surface area (Å²) in [4.78, 5) is 0. The van der Waals surface area contributed by atoms with Crippen molar-refractivity contribution in [1.82, 2.24) is 5.32 Å². The van der Waals surface area contributed by atoms with Crippen LogP contribution in [0.4, 0.5) is 0 Å². The first kappa shape index (κ1) is 11.7. The van der Waals surface area contributed by atoms with E-state index in [0.717, 1.165) is 36.3 Å². The SMILES string of the molecule is Cl.OCCNC1CC2CC3CC(C2)C1C3. The van der Waals surface area contributed by atoms with Crippen molar-refractivity contribution in [2.75, 3.05) is 13.2 Å². The molecule has 3 rings (SSSR count). The van der Waals surface area contributed by atoms with Gasteiger partial charge in [-0.3, -0.25) is 0 Å². The largest absolute Gasteiger partial charge is 0.395 e. The minimum absolute atomic E-state index is 0. The third-order valence-corrected chi connectivity index (χ3v) is 4.77. The van der Waals surface area contributed by atoms with E-state index in [1.54, 1.807) is 0 Å². The minimum Gasteiger partial charge on any atom is -0.395 e. The maximum absolute atomic E-state index is 8.85. The monoisotopic (exact) mass is 231 g/mol. The van der Waals surface area contributed by atoms with Crippen molar-refractivity contribution in [1.29, 1.82) is 0 Å². The molecule has 2 N–H and O–H groups in total. The molecule has 0 aromatic heterocycles. The van der Waals surface area contributed by atoms with Gasteiger partial charge >= 0.3 is 0 Å². The number of hydrogen-bond donors (Lipinski definition) is 2. The Morgan fingerprint density at radius 2 is 1.73 bits per heavy atom. The second-order valence-electron chi connectivity index (χ2n) is 5.62. The summed E-state index contributed by atoms with van der Waals surface area (Å²) in [6.45, 7) is 1.09. The maximum Gasteiger partial charge on any atom is 0.0556 e. The van der Waals surface area contributed by atoms with Crippen LogP contribution in [0.3, 0.4) is 0 Å². The van der Waals surface area contributed by atoms with Crippen molar-refractivity contribution < 1.29 is 5.11 Å². The van der Waals surface area contributed by atoms with Gasteiger partial charge in [-0.2, -0.15) is 0 Å². The van der Waals surface area contributed by atoms with Crippen LogP contribution in [0.25, 0.3) is 0 Å². The fourth-order valence-electron chi connectivity index (χ4n) is 4.44. The summed E-state index contributed by atoms with van der Waals surface area (Å²) in [5, 5.41) is 12.4. The van der Waals surface area contributed by atoms with Crippen LogP contribution in [-0.2, 0) is 0 Å². The highest BCUT2D eigenvalue weighted by molar-refractivity contribution is 5.85. The van der Waals surface area contributed by atoms with Crippen molar-refractivity contribution in [2.24, 2.45) is 23.7 Å². The van der Waals surface area contributed by atoms with Crippen LogP contribution in [0.2, 0.25) is 0 Å². The van der Waals surface area contributed by atoms with Crippen LogP contribution in [0.15, 0.2) is 0 Å². The zero-order chi connectivity index (χ0) is 9.54. The molecule has 0 aromatic rings. The molecule has 0 aliphatic heterocycles. The summed E-state index contributed by atoms with van der Waals surface area (Å²) < 4.78 is 0. The number of nitrogens with one attached hydrogen (secondary N) is 1. The minimum atomic E-state index is 0. The van der Waals surface area contributed by atoms with Crippen LogP contribution in [-0.4, -0.2) is 24.3 Å². The zero-order valence-corrected chi connectivity index (χ0v) is 10.0. The number of fused-ring (bicyclic) bond motifs is 2. The zero-order valence-electron chi connectivity index (χ0n) is 9.19. The van der Waals surface area contributed by atoms with Crippen molar-refractivity contribution in [2.45, 2.75) is 38.1 Å². The van der Waals surface area contributed by atoms with E-state index in [1.807, 2.05) is 0 Å². The molecule has 2 nitrogen and oxygen atoms in total. The van der Waals surface area contributed by atoms with Crippen molar-refractivity contribution in [3.8, 4) is 0 Å². The Balaban J connectivity index is 0.000000853. The summed E-state index contributed by atoms with van der Waals surface area (Å²) in [6, 6.07) is 0.735. The third kappa shape index (κ3) is 2.04. The molecule has 3 aliphatic rings. The number of rotatable bonds is 3. The fraction of sp³-hybridized carbons (Fsp3) is 1.00. The van der Waals surface area contributed by atoms with E-state index in [-0.39, 0.29) is 12.4 Å². The molecule has 3 bridgehead atoms. The van der Waals surface area contributed by atoms with Crippen LogP contribution in [0.1, 0.15) is 32.1 Å². The van der Waals surface area contributed by atoms with E-state index in [1.165, 1.54) is 32.1 Å². The van der Waals surface area contributed by atoms with E-state index in [9.17, 15) is 0 Å². The normalized spacial score (nSPS) is 46.6. The number of aliphatic hydroxyl groups is 1. The molecule has 3 saturated carbocycles. The lowest BCUT2D eigenvalue weighted by Crippen LogP contribution is -2.44. The topological polar surface area (TPSA) is 32.3 Å². The average molecular weight is 232 g/mol. The first-order chi connectivity index (χ1) is 6.86. The summed E-state index contributed by atoms with van der Waals surface area (Å²) >= 11 is 0. The van der Waals surface area contributed by atoms with Gasteiger partial charge in [0.05, 0.1) is 6.61 Å². The first-order valence-corrected chi connectivity index (χ1v) is 6.21. The molecule has 0 amide bonds. The smallest absolute Gasteiger partial charge is 0.0556 e. The van der Waals surface area contributed by atoms with E-state index < -0.39 is 0 Å². The second kappa shape index (κ2) is 4.60. The van der Waals surface area contributed by atoms with Gasteiger partial charge in [0.25, 0.3) is 0 Å². The molecule has 5 atom stereocenters. The van der Waals surface area contributed by atoms with Gasteiger partial charge in [0.1, 0.15) is 0 Å².